The van der Waals surface area contributed by atoms with Crippen LogP contribution >= 0.6 is 0 Å². The van der Waals surface area contributed by atoms with Gasteiger partial charge < -0.3 is 4.74 Å². The first kappa shape index (κ1) is 12.8. The molecule has 1 aromatic rings. The van der Waals surface area contributed by atoms with Gasteiger partial charge in [0, 0.05) is 6.07 Å². The van der Waals surface area contributed by atoms with Gasteiger partial charge in [0.05, 0.1) is 22.2 Å². The number of nitro groups is 1. The number of ether oxygens (including phenoxy) is 1. The Hall–Kier alpha value is -2.24. The summed E-state index contributed by atoms with van der Waals surface area (Å²) >= 11 is 0. The van der Waals surface area contributed by atoms with Gasteiger partial charge in [0.2, 0.25) is 0 Å². The third-order valence-corrected chi connectivity index (χ3v) is 1.97. The quantitative estimate of drug-likeness (QED) is 0.444. The highest BCUT2D eigenvalue weighted by Gasteiger charge is 2.18. The highest BCUT2D eigenvalue weighted by Crippen LogP contribution is 2.27. The fourth-order valence-corrected chi connectivity index (χ4v) is 1.30. The molecule has 0 aliphatic heterocycles. The van der Waals surface area contributed by atoms with Crippen molar-refractivity contribution in [2.24, 2.45) is 0 Å². The zero-order valence-corrected chi connectivity index (χ0v) is 9.38. The van der Waals surface area contributed by atoms with Crippen LogP contribution in [0, 0.1) is 10.1 Å². The zero-order chi connectivity index (χ0) is 13.0. The van der Waals surface area contributed by atoms with Gasteiger partial charge in [-0.05, 0) is 19.9 Å². The summed E-state index contributed by atoms with van der Waals surface area (Å²) in [5, 5.41) is 10.7. The van der Waals surface area contributed by atoms with Gasteiger partial charge in [0.15, 0.2) is 12.6 Å². The molecule has 0 radical (unpaired) electrons. The average Bonchev–Trinajstić information content (AvgIpc) is 2.27. The van der Waals surface area contributed by atoms with E-state index < -0.39 is 10.6 Å². The van der Waals surface area contributed by atoms with Gasteiger partial charge in [-0.3, -0.25) is 19.7 Å². The maximum Gasteiger partial charge on any atom is 0.280 e. The lowest BCUT2D eigenvalue weighted by Crippen LogP contribution is -2.08. The summed E-state index contributed by atoms with van der Waals surface area (Å²) in [7, 11) is 0. The Balaban J connectivity index is 3.37. The molecule has 0 N–H and O–H groups in total. The first-order valence-corrected chi connectivity index (χ1v) is 4.89. The minimum atomic E-state index is -0.712. The van der Waals surface area contributed by atoms with Crippen molar-refractivity contribution in [1.82, 2.24) is 0 Å². The SMILES string of the molecule is CC(C)Oc1cc(C=O)c([N+](=O)[O-])cc1C=O. The maximum atomic E-state index is 10.8. The summed E-state index contributed by atoms with van der Waals surface area (Å²) in [6.45, 7) is 3.49. The van der Waals surface area contributed by atoms with Crippen molar-refractivity contribution in [3.05, 3.63) is 33.4 Å². The van der Waals surface area contributed by atoms with E-state index in [1.807, 2.05) is 0 Å². The van der Waals surface area contributed by atoms with Crippen LogP contribution in [0.1, 0.15) is 34.6 Å². The second-order valence-electron chi connectivity index (χ2n) is 3.61. The maximum absolute atomic E-state index is 10.8. The highest BCUT2D eigenvalue weighted by atomic mass is 16.6. The molecular weight excluding hydrogens is 226 g/mol. The lowest BCUT2D eigenvalue weighted by atomic mass is 10.1. The van der Waals surface area contributed by atoms with Gasteiger partial charge in [-0.2, -0.15) is 0 Å². The summed E-state index contributed by atoms with van der Waals surface area (Å²) in [5.41, 5.74) is -0.467. The third-order valence-electron chi connectivity index (χ3n) is 1.97. The Morgan fingerprint density at radius 3 is 2.24 bits per heavy atom. The van der Waals surface area contributed by atoms with Crippen LogP contribution in [0.5, 0.6) is 5.75 Å². The molecule has 0 unspecified atom stereocenters. The number of hydrogen-bond acceptors (Lipinski definition) is 5. The Bertz CT molecular complexity index is 467. The number of aldehydes is 2. The van der Waals surface area contributed by atoms with E-state index in [1.54, 1.807) is 13.8 Å². The van der Waals surface area contributed by atoms with Crippen LogP contribution in [0.4, 0.5) is 5.69 Å². The lowest BCUT2D eigenvalue weighted by Gasteiger charge is -2.12. The predicted octanol–water partition coefficient (Wildman–Crippen LogP) is 2.01. The van der Waals surface area contributed by atoms with Crippen molar-refractivity contribution in [3.8, 4) is 5.75 Å². The molecule has 6 nitrogen and oxygen atoms in total. The number of carbonyl (C=O) groups is 2. The standard InChI is InChI=1S/C11H11NO5/c1-7(2)17-11-4-8(5-13)10(12(15)16)3-9(11)6-14/h3-7H,1-2H3. The van der Waals surface area contributed by atoms with E-state index in [4.69, 9.17) is 4.74 Å². The van der Waals surface area contributed by atoms with E-state index in [0.29, 0.717) is 12.6 Å². The van der Waals surface area contributed by atoms with Crippen molar-refractivity contribution in [1.29, 1.82) is 0 Å². The molecule has 6 heteroatoms. The molecule has 0 heterocycles. The van der Waals surface area contributed by atoms with Crippen LogP contribution in [0.25, 0.3) is 0 Å². The molecule has 0 spiro atoms. The largest absolute Gasteiger partial charge is 0.490 e. The minimum Gasteiger partial charge on any atom is -0.490 e. The molecule has 90 valence electrons. The Kier molecular flexibility index (Phi) is 3.92. The summed E-state index contributed by atoms with van der Waals surface area (Å²) in [4.78, 5) is 31.5. The van der Waals surface area contributed by atoms with E-state index >= 15 is 0 Å². The summed E-state index contributed by atoms with van der Waals surface area (Å²) < 4.78 is 5.30. The molecule has 0 saturated carbocycles. The number of hydrogen-bond donors (Lipinski definition) is 0. The van der Waals surface area contributed by atoms with Crippen LogP contribution in [-0.4, -0.2) is 23.6 Å². The van der Waals surface area contributed by atoms with Crippen molar-refractivity contribution in [2.75, 3.05) is 0 Å². The second-order valence-corrected chi connectivity index (χ2v) is 3.61. The van der Waals surface area contributed by atoms with E-state index in [2.05, 4.69) is 0 Å². The van der Waals surface area contributed by atoms with Gasteiger partial charge in [-0.15, -0.1) is 0 Å². The van der Waals surface area contributed by atoms with Gasteiger partial charge in [-0.25, -0.2) is 0 Å². The summed E-state index contributed by atoms with van der Waals surface area (Å²) in [6.07, 6.45) is 0.619. The number of nitrogens with zero attached hydrogens (tertiary/aromatic N) is 1. The molecule has 0 aromatic heterocycles. The minimum absolute atomic E-state index is 0.0519. The average molecular weight is 237 g/mol. The van der Waals surface area contributed by atoms with Gasteiger partial charge in [0.1, 0.15) is 5.75 Å². The van der Waals surface area contributed by atoms with E-state index in [9.17, 15) is 19.7 Å². The number of carbonyl (C=O) groups excluding carboxylic acids is 2. The molecule has 0 aliphatic rings. The molecule has 1 rings (SSSR count). The lowest BCUT2D eigenvalue weighted by molar-refractivity contribution is -0.385. The van der Waals surface area contributed by atoms with Crippen LogP contribution < -0.4 is 4.74 Å². The molecular formula is C11H11NO5. The number of rotatable bonds is 5. The molecule has 0 aliphatic carbocycles. The Morgan fingerprint density at radius 1 is 1.24 bits per heavy atom. The van der Waals surface area contributed by atoms with E-state index in [-0.39, 0.29) is 23.0 Å². The van der Waals surface area contributed by atoms with Crippen molar-refractivity contribution in [3.63, 3.8) is 0 Å². The predicted molar refractivity (Wildman–Crippen MR) is 59.6 cm³/mol. The normalized spacial score (nSPS) is 10.1. The molecule has 0 amide bonds. The molecule has 1 aromatic carbocycles. The fourth-order valence-electron chi connectivity index (χ4n) is 1.30. The summed E-state index contributed by atoms with van der Waals surface area (Å²) in [5.74, 6) is 0.169. The first-order chi connectivity index (χ1) is 7.99. The van der Waals surface area contributed by atoms with Gasteiger partial charge in [0.25, 0.3) is 5.69 Å². The fraction of sp³-hybridized carbons (Fsp3) is 0.273. The first-order valence-electron chi connectivity index (χ1n) is 4.89. The zero-order valence-electron chi connectivity index (χ0n) is 9.38. The van der Waals surface area contributed by atoms with Crippen LogP contribution in [0.15, 0.2) is 12.1 Å². The second kappa shape index (κ2) is 5.20. The Labute approximate surface area is 97.3 Å². The van der Waals surface area contributed by atoms with Crippen LogP contribution in [0.3, 0.4) is 0 Å². The smallest absolute Gasteiger partial charge is 0.280 e. The van der Waals surface area contributed by atoms with Crippen LogP contribution in [-0.2, 0) is 0 Å². The van der Waals surface area contributed by atoms with Crippen LogP contribution in [0.2, 0.25) is 0 Å². The monoisotopic (exact) mass is 237 g/mol. The topological polar surface area (TPSA) is 86.5 Å². The van der Waals surface area contributed by atoms with E-state index in [1.165, 1.54) is 6.07 Å². The van der Waals surface area contributed by atoms with E-state index in [0.717, 1.165) is 6.07 Å². The molecule has 0 atom stereocenters. The van der Waals surface area contributed by atoms with Crippen molar-refractivity contribution >= 4 is 18.3 Å². The summed E-state index contributed by atoms with van der Waals surface area (Å²) in [6, 6.07) is 2.24. The third kappa shape index (κ3) is 2.87. The van der Waals surface area contributed by atoms with Gasteiger partial charge >= 0.3 is 0 Å². The Morgan fingerprint density at radius 2 is 1.82 bits per heavy atom. The highest BCUT2D eigenvalue weighted by molar-refractivity contribution is 5.88. The number of benzene rings is 1. The molecule has 0 saturated heterocycles. The number of nitro benzene ring substituents is 1. The molecule has 17 heavy (non-hydrogen) atoms. The molecule has 0 fully saturated rings. The van der Waals surface area contributed by atoms with Crippen molar-refractivity contribution in [2.45, 2.75) is 20.0 Å². The van der Waals surface area contributed by atoms with Crippen molar-refractivity contribution < 1.29 is 19.2 Å². The molecule has 0 bridgehead atoms. The van der Waals surface area contributed by atoms with Gasteiger partial charge in [-0.1, -0.05) is 0 Å².